The zero-order valence-electron chi connectivity index (χ0n) is 21.8. The quantitative estimate of drug-likeness (QED) is 0.278. The molecule has 38 heavy (non-hydrogen) atoms. The molecule has 1 aliphatic rings. The Hall–Kier alpha value is -2.40. The first-order valence-corrected chi connectivity index (χ1v) is 14.0. The van der Waals surface area contributed by atoms with Crippen LogP contribution in [0.25, 0.3) is 10.2 Å². The van der Waals surface area contributed by atoms with Crippen molar-refractivity contribution in [3.63, 3.8) is 0 Å². The molecule has 1 atom stereocenters. The number of hydrogen-bond acceptors (Lipinski definition) is 7. The van der Waals surface area contributed by atoms with Crippen LogP contribution in [0, 0.1) is 6.92 Å². The van der Waals surface area contributed by atoms with Crippen LogP contribution in [0.1, 0.15) is 36.3 Å². The lowest BCUT2D eigenvalue weighted by atomic mass is 10.2. The molecule has 1 aromatic heterocycles. The third-order valence-electron chi connectivity index (χ3n) is 6.66. The fourth-order valence-electron chi connectivity index (χ4n) is 4.57. The molecule has 1 fully saturated rings. The lowest BCUT2D eigenvalue weighted by Gasteiger charge is -2.35. The number of β-amino-alcohol motifs (C(OH)–C–C–N with tert-alkyl or cyclic N) is 1. The number of halogens is 3. The first-order chi connectivity index (χ1) is 18.3. The van der Waals surface area contributed by atoms with E-state index in [2.05, 4.69) is 14.8 Å². The lowest BCUT2D eigenvalue weighted by molar-refractivity contribution is -0.137. The van der Waals surface area contributed by atoms with Gasteiger partial charge in [0.25, 0.3) is 0 Å². The Morgan fingerprint density at radius 3 is 2.34 bits per heavy atom. The van der Waals surface area contributed by atoms with E-state index in [1.54, 1.807) is 11.3 Å². The summed E-state index contributed by atoms with van der Waals surface area (Å²) in [5.41, 5.74) is 0.272. The minimum absolute atomic E-state index is 0.261. The van der Waals surface area contributed by atoms with E-state index in [1.807, 2.05) is 25.1 Å². The number of unbranched alkanes of at least 4 members (excludes halogenated alkanes) is 3. The van der Waals surface area contributed by atoms with Gasteiger partial charge in [-0.1, -0.05) is 12.8 Å². The molecule has 10 heteroatoms. The molecule has 0 aliphatic carbocycles. The van der Waals surface area contributed by atoms with Gasteiger partial charge < -0.3 is 19.5 Å². The molecule has 6 nitrogen and oxygen atoms in total. The van der Waals surface area contributed by atoms with E-state index in [4.69, 9.17) is 9.47 Å². The minimum Gasteiger partial charge on any atom is -0.494 e. The summed E-state index contributed by atoms with van der Waals surface area (Å²) in [6.07, 6.45) is -0.745. The number of benzene rings is 2. The Bertz CT molecular complexity index is 1130. The van der Waals surface area contributed by atoms with E-state index in [-0.39, 0.29) is 6.61 Å². The smallest absolute Gasteiger partial charge is 0.416 e. The Balaban J connectivity index is 1.02. The van der Waals surface area contributed by atoms with Crippen LogP contribution in [0.15, 0.2) is 42.5 Å². The van der Waals surface area contributed by atoms with E-state index in [0.717, 1.165) is 91.5 Å². The van der Waals surface area contributed by atoms with Crippen molar-refractivity contribution in [2.24, 2.45) is 0 Å². The summed E-state index contributed by atoms with van der Waals surface area (Å²) < 4.78 is 50.3. The molecule has 0 radical (unpaired) electrons. The molecule has 1 unspecified atom stereocenters. The van der Waals surface area contributed by atoms with E-state index in [1.165, 1.54) is 12.1 Å². The number of rotatable bonds is 13. The highest BCUT2D eigenvalue weighted by Gasteiger charge is 2.30. The number of aliphatic hydroxyl groups excluding tert-OH is 1. The number of fused-ring (bicyclic) bond motifs is 1. The second-order valence-electron chi connectivity index (χ2n) is 9.75. The highest BCUT2D eigenvalue weighted by molar-refractivity contribution is 7.18. The van der Waals surface area contributed by atoms with Gasteiger partial charge in [0, 0.05) is 38.8 Å². The van der Waals surface area contributed by atoms with E-state index >= 15 is 0 Å². The number of ether oxygens (including phenoxy) is 2. The molecule has 1 N–H and O–H groups in total. The largest absolute Gasteiger partial charge is 0.494 e. The van der Waals surface area contributed by atoms with Gasteiger partial charge in [0.2, 0.25) is 0 Å². The Kier molecular flexibility index (Phi) is 10.2. The maximum absolute atomic E-state index is 12.6. The van der Waals surface area contributed by atoms with Gasteiger partial charge in [-0.2, -0.15) is 13.2 Å². The summed E-state index contributed by atoms with van der Waals surface area (Å²) in [7, 11) is 0. The predicted octanol–water partition coefficient (Wildman–Crippen LogP) is 5.62. The fourth-order valence-corrected chi connectivity index (χ4v) is 5.38. The molecule has 0 spiro atoms. The van der Waals surface area contributed by atoms with Crippen LogP contribution in [-0.4, -0.2) is 78.5 Å². The number of alkyl halides is 3. The molecule has 4 rings (SSSR count). The van der Waals surface area contributed by atoms with Crippen molar-refractivity contribution in [3.05, 3.63) is 53.0 Å². The highest BCUT2D eigenvalue weighted by Crippen LogP contribution is 2.30. The molecule has 0 bridgehead atoms. The number of aromatic nitrogens is 1. The molecule has 3 aromatic rings. The summed E-state index contributed by atoms with van der Waals surface area (Å²) >= 11 is 1.66. The highest BCUT2D eigenvalue weighted by atomic mass is 32.1. The number of aryl methyl sites for hydroxylation is 1. The summed E-state index contributed by atoms with van der Waals surface area (Å²) in [5, 5.41) is 11.5. The third kappa shape index (κ3) is 8.83. The average Bonchev–Trinajstić information content (AvgIpc) is 3.27. The Morgan fingerprint density at radius 1 is 0.921 bits per heavy atom. The molecule has 2 heterocycles. The van der Waals surface area contributed by atoms with Gasteiger partial charge in [-0.3, -0.25) is 4.90 Å². The number of aliphatic hydroxyl groups is 1. The summed E-state index contributed by atoms with van der Waals surface area (Å²) in [4.78, 5) is 9.24. The standard InChI is InChI=1S/C28H36F3N3O3S/c1-21-32-26-18-25(10-11-27(26)38-21)37-20-23(35)19-34-15-13-33(14-16-34)12-4-2-3-5-17-36-24-8-6-22(7-9-24)28(29,30)31/h6-11,18,23,35H,2-5,12-17,19-20H2,1H3. The van der Waals surface area contributed by atoms with E-state index < -0.39 is 17.8 Å². The fraction of sp³-hybridized carbons (Fsp3) is 0.536. The second-order valence-corrected chi connectivity index (χ2v) is 11.0. The molecular formula is C28H36F3N3O3S. The van der Waals surface area contributed by atoms with E-state index in [0.29, 0.717) is 18.9 Å². The van der Waals surface area contributed by atoms with Gasteiger partial charge in [-0.15, -0.1) is 11.3 Å². The van der Waals surface area contributed by atoms with Gasteiger partial charge in [0.15, 0.2) is 0 Å². The molecular weight excluding hydrogens is 515 g/mol. The van der Waals surface area contributed by atoms with Crippen molar-refractivity contribution in [3.8, 4) is 11.5 Å². The average molecular weight is 552 g/mol. The number of hydrogen-bond donors (Lipinski definition) is 1. The second kappa shape index (κ2) is 13.6. The maximum Gasteiger partial charge on any atom is 0.416 e. The van der Waals surface area contributed by atoms with Gasteiger partial charge in [0.1, 0.15) is 24.2 Å². The molecule has 208 valence electrons. The first kappa shape index (κ1) is 28.6. The zero-order valence-corrected chi connectivity index (χ0v) is 22.6. The van der Waals surface area contributed by atoms with Gasteiger partial charge in [-0.05, 0) is 62.7 Å². The lowest BCUT2D eigenvalue weighted by Crippen LogP contribution is -2.49. The van der Waals surface area contributed by atoms with Crippen LogP contribution in [0.5, 0.6) is 11.5 Å². The van der Waals surface area contributed by atoms with Crippen LogP contribution in [0.3, 0.4) is 0 Å². The van der Waals surface area contributed by atoms with Crippen molar-refractivity contribution in [1.29, 1.82) is 0 Å². The Labute approximate surface area is 226 Å². The van der Waals surface area contributed by atoms with Gasteiger partial charge in [-0.25, -0.2) is 4.98 Å². The zero-order chi connectivity index (χ0) is 27.0. The van der Waals surface area contributed by atoms with Crippen LogP contribution in [-0.2, 0) is 6.18 Å². The minimum atomic E-state index is -4.32. The normalized spacial score (nSPS) is 16.1. The van der Waals surface area contributed by atoms with Crippen LogP contribution in [0.2, 0.25) is 0 Å². The van der Waals surface area contributed by atoms with Crippen LogP contribution in [0.4, 0.5) is 13.2 Å². The van der Waals surface area contributed by atoms with Crippen molar-refractivity contribution < 1.29 is 27.8 Å². The van der Waals surface area contributed by atoms with Crippen LogP contribution < -0.4 is 9.47 Å². The van der Waals surface area contributed by atoms with Crippen molar-refractivity contribution in [1.82, 2.24) is 14.8 Å². The molecule has 0 amide bonds. The van der Waals surface area contributed by atoms with Crippen molar-refractivity contribution in [2.45, 2.75) is 44.9 Å². The molecule has 0 saturated carbocycles. The third-order valence-corrected chi connectivity index (χ3v) is 7.61. The molecule has 2 aromatic carbocycles. The number of piperazine rings is 1. The van der Waals surface area contributed by atoms with Crippen molar-refractivity contribution in [2.75, 3.05) is 52.5 Å². The summed E-state index contributed by atoms with van der Waals surface area (Å²) in [5.74, 6) is 1.21. The SMILES string of the molecule is Cc1nc2cc(OCC(O)CN3CCN(CCCCCCOc4ccc(C(F)(F)F)cc4)CC3)ccc2s1. The van der Waals surface area contributed by atoms with Crippen molar-refractivity contribution >= 4 is 21.6 Å². The monoisotopic (exact) mass is 551 g/mol. The molecule has 1 saturated heterocycles. The van der Waals surface area contributed by atoms with Gasteiger partial charge in [0.05, 0.1) is 27.4 Å². The maximum atomic E-state index is 12.6. The topological polar surface area (TPSA) is 58.1 Å². The first-order valence-electron chi connectivity index (χ1n) is 13.2. The van der Waals surface area contributed by atoms with Crippen LogP contribution >= 0.6 is 11.3 Å². The summed E-state index contributed by atoms with van der Waals surface area (Å²) in [6, 6.07) is 10.7. The predicted molar refractivity (Wildman–Crippen MR) is 144 cm³/mol. The summed E-state index contributed by atoms with van der Waals surface area (Å²) in [6.45, 7) is 8.26. The number of thiazole rings is 1. The van der Waals surface area contributed by atoms with E-state index in [9.17, 15) is 18.3 Å². The number of nitrogens with zero attached hydrogens (tertiary/aromatic N) is 3. The Morgan fingerprint density at radius 2 is 1.61 bits per heavy atom. The molecule has 1 aliphatic heterocycles. The van der Waals surface area contributed by atoms with Gasteiger partial charge >= 0.3 is 6.18 Å².